The van der Waals surface area contributed by atoms with E-state index in [4.69, 9.17) is 16.3 Å². The molecule has 2 amide bonds. The number of hydrazone groups is 1. The predicted molar refractivity (Wildman–Crippen MR) is 109 cm³/mol. The van der Waals surface area contributed by atoms with Crippen molar-refractivity contribution in [2.45, 2.75) is 0 Å². The lowest BCUT2D eigenvalue weighted by Crippen LogP contribution is -2.35. The van der Waals surface area contributed by atoms with Gasteiger partial charge in [-0.3, -0.25) is 9.59 Å². The summed E-state index contributed by atoms with van der Waals surface area (Å²) < 4.78 is 6.37. The highest BCUT2D eigenvalue weighted by Crippen LogP contribution is 2.21. The first-order valence-corrected chi connectivity index (χ1v) is 9.06. The minimum Gasteiger partial charge on any atom is -0.489 e. The van der Waals surface area contributed by atoms with E-state index in [1.54, 1.807) is 42.5 Å². The van der Waals surface area contributed by atoms with Crippen molar-refractivity contribution in [3.8, 4) is 5.75 Å². The Morgan fingerprint density at radius 1 is 1.26 bits per heavy atom. The molecule has 0 saturated carbocycles. The van der Waals surface area contributed by atoms with E-state index in [0.717, 1.165) is 4.47 Å². The van der Waals surface area contributed by atoms with Gasteiger partial charge in [0.1, 0.15) is 12.4 Å². The van der Waals surface area contributed by atoms with Gasteiger partial charge in [-0.25, -0.2) is 5.43 Å². The zero-order valence-electron chi connectivity index (χ0n) is 14.2. The minimum atomic E-state index is -0.477. The van der Waals surface area contributed by atoms with Crippen LogP contribution < -0.4 is 15.5 Å². The smallest absolute Gasteiger partial charge is 0.259 e. The second kappa shape index (κ2) is 10.5. The Kier molecular flexibility index (Phi) is 8.03. The highest BCUT2D eigenvalue weighted by atomic mass is 79.9. The number of hydrogen-bond donors (Lipinski definition) is 2. The van der Waals surface area contributed by atoms with Crippen LogP contribution in [0.1, 0.15) is 15.9 Å². The summed E-state index contributed by atoms with van der Waals surface area (Å²) in [6.07, 6.45) is 3.09. The molecule has 0 aliphatic heterocycles. The second-order valence-corrected chi connectivity index (χ2v) is 6.56. The van der Waals surface area contributed by atoms with E-state index in [1.807, 2.05) is 6.07 Å². The van der Waals surface area contributed by atoms with Gasteiger partial charge in [0.05, 0.1) is 23.3 Å². The second-order valence-electron chi connectivity index (χ2n) is 5.24. The highest BCUT2D eigenvalue weighted by molar-refractivity contribution is 9.10. The van der Waals surface area contributed by atoms with Crippen molar-refractivity contribution in [3.05, 3.63) is 75.7 Å². The first kappa shape index (κ1) is 20.7. The first-order valence-electron chi connectivity index (χ1n) is 7.89. The molecular formula is C19H17BrClN3O3. The van der Waals surface area contributed by atoms with E-state index in [2.05, 4.69) is 38.4 Å². The maximum absolute atomic E-state index is 12.0. The van der Waals surface area contributed by atoms with Gasteiger partial charge in [0.15, 0.2) is 0 Å². The Balaban J connectivity index is 1.90. The molecule has 0 aliphatic rings. The molecule has 0 atom stereocenters. The molecular weight excluding hydrogens is 434 g/mol. The Morgan fingerprint density at radius 3 is 2.78 bits per heavy atom. The molecule has 6 nitrogen and oxygen atoms in total. The molecule has 0 aliphatic carbocycles. The zero-order valence-corrected chi connectivity index (χ0v) is 16.6. The fraction of sp³-hybridized carbons (Fsp3) is 0.105. The number of carbonyl (C=O) groups is 2. The Labute approximate surface area is 170 Å². The van der Waals surface area contributed by atoms with Crippen molar-refractivity contribution in [1.29, 1.82) is 0 Å². The van der Waals surface area contributed by atoms with Crippen LogP contribution in [0.5, 0.6) is 5.75 Å². The molecule has 0 unspecified atom stereocenters. The number of ether oxygens (including phenoxy) is 1. The molecule has 2 N–H and O–H groups in total. The lowest BCUT2D eigenvalue weighted by Gasteiger charge is -2.08. The van der Waals surface area contributed by atoms with Gasteiger partial charge < -0.3 is 10.1 Å². The van der Waals surface area contributed by atoms with Crippen LogP contribution in [0.2, 0.25) is 5.02 Å². The topological polar surface area (TPSA) is 79.8 Å². The summed E-state index contributed by atoms with van der Waals surface area (Å²) in [5, 5.41) is 6.69. The summed E-state index contributed by atoms with van der Waals surface area (Å²) in [5.41, 5.74) is 3.32. The molecule has 0 fully saturated rings. The molecule has 0 aromatic heterocycles. The monoisotopic (exact) mass is 449 g/mol. The molecule has 0 heterocycles. The molecule has 2 aromatic rings. The van der Waals surface area contributed by atoms with Crippen molar-refractivity contribution in [2.75, 3.05) is 13.2 Å². The molecule has 0 spiro atoms. The Bertz CT molecular complexity index is 871. The van der Waals surface area contributed by atoms with Crippen LogP contribution in [0, 0.1) is 0 Å². The summed E-state index contributed by atoms with van der Waals surface area (Å²) in [7, 11) is 0. The number of carbonyl (C=O) groups excluding carboxylic acids is 2. The molecule has 0 radical (unpaired) electrons. The van der Waals surface area contributed by atoms with Gasteiger partial charge in [0.2, 0.25) is 0 Å². The lowest BCUT2D eigenvalue weighted by molar-refractivity contribution is -0.120. The summed E-state index contributed by atoms with van der Waals surface area (Å²) in [4.78, 5) is 23.9. The Morgan fingerprint density at radius 2 is 2.04 bits per heavy atom. The normalized spacial score (nSPS) is 10.4. The molecule has 2 rings (SSSR count). The number of amides is 2. The fourth-order valence-corrected chi connectivity index (χ4v) is 2.62. The van der Waals surface area contributed by atoms with E-state index in [0.29, 0.717) is 28.5 Å². The summed E-state index contributed by atoms with van der Waals surface area (Å²) in [6.45, 7) is 3.72. The maximum atomic E-state index is 12.0. The van der Waals surface area contributed by atoms with Crippen LogP contribution in [0.25, 0.3) is 0 Å². The van der Waals surface area contributed by atoms with E-state index in [-0.39, 0.29) is 6.54 Å². The SMILES string of the molecule is C=CCOc1ccc(Br)cc1/C=N/NC(=O)CNC(=O)c1ccccc1Cl. The number of nitrogens with zero attached hydrogens (tertiary/aromatic N) is 1. The highest BCUT2D eigenvalue weighted by Gasteiger charge is 2.10. The maximum Gasteiger partial charge on any atom is 0.259 e. The quantitative estimate of drug-likeness (QED) is 0.367. The van der Waals surface area contributed by atoms with E-state index >= 15 is 0 Å². The predicted octanol–water partition coefficient (Wildman–Crippen LogP) is 3.55. The number of hydrogen-bond acceptors (Lipinski definition) is 4. The first-order chi connectivity index (χ1) is 13.0. The zero-order chi connectivity index (χ0) is 19.6. The summed E-state index contributed by atoms with van der Waals surface area (Å²) >= 11 is 9.31. The van der Waals surface area contributed by atoms with Crippen LogP contribution >= 0.6 is 27.5 Å². The minimum absolute atomic E-state index is 0.236. The van der Waals surface area contributed by atoms with Crippen molar-refractivity contribution in [1.82, 2.24) is 10.7 Å². The third kappa shape index (κ3) is 6.54. The van der Waals surface area contributed by atoms with Crippen molar-refractivity contribution >= 4 is 45.6 Å². The van der Waals surface area contributed by atoms with Gasteiger partial charge in [-0.1, -0.05) is 52.3 Å². The van der Waals surface area contributed by atoms with Gasteiger partial charge in [-0.15, -0.1) is 0 Å². The van der Waals surface area contributed by atoms with Gasteiger partial charge in [0.25, 0.3) is 11.8 Å². The van der Waals surface area contributed by atoms with E-state index < -0.39 is 11.8 Å². The number of halogens is 2. The van der Waals surface area contributed by atoms with Crippen molar-refractivity contribution < 1.29 is 14.3 Å². The molecule has 27 heavy (non-hydrogen) atoms. The average Bonchev–Trinajstić information content (AvgIpc) is 2.66. The number of rotatable bonds is 8. The molecule has 0 saturated heterocycles. The van der Waals surface area contributed by atoms with Crippen LogP contribution in [0.4, 0.5) is 0 Å². The van der Waals surface area contributed by atoms with Crippen LogP contribution in [-0.4, -0.2) is 31.2 Å². The van der Waals surface area contributed by atoms with E-state index in [1.165, 1.54) is 6.21 Å². The number of benzene rings is 2. The molecule has 2 aromatic carbocycles. The summed E-state index contributed by atoms with van der Waals surface area (Å²) in [6, 6.07) is 12.0. The van der Waals surface area contributed by atoms with Crippen LogP contribution in [0.15, 0.2) is 64.7 Å². The Hall–Kier alpha value is -2.64. The standard InChI is InChI=1S/C19H17BrClN3O3/c1-2-9-27-17-8-7-14(20)10-13(17)11-23-24-18(25)12-22-19(26)15-5-3-4-6-16(15)21/h2-8,10-11H,1,9,12H2,(H,22,26)(H,24,25)/b23-11+. The fourth-order valence-electron chi connectivity index (χ4n) is 2.01. The third-order valence-corrected chi connectivity index (χ3v) is 4.07. The van der Waals surface area contributed by atoms with Gasteiger partial charge in [-0.05, 0) is 30.3 Å². The largest absolute Gasteiger partial charge is 0.489 e. The van der Waals surface area contributed by atoms with Crippen LogP contribution in [0.3, 0.4) is 0 Å². The number of nitrogens with one attached hydrogen (secondary N) is 2. The van der Waals surface area contributed by atoms with Crippen molar-refractivity contribution in [3.63, 3.8) is 0 Å². The molecule has 140 valence electrons. The third-order valence-electron chi connectivity index (χ3n) is 3.25. The van der Waals surface area contributed by atoms with Gasteiger partial charge in [-0.2, -0.15) is 5.10 Å². The van der Waals surface area contributed by atoms with E-state index in [9.17, 15) is 9.59 Å². The molecule has 0 bridgehead atoms. The van der Waals surface area contributed by atoms with Crippen LogP contribution in [-0.2, 0) is 4.79 Å². The lowest BCUT2D eigenvalue weighted by atomic mass is 10.2. The van der Waals surface area contributed by atoms with Gasteiger partial charge in [0, 0.05) is 10.0 Å². The molecule has 8 heteroatoms. The van der Waals surface area contributed by atoms with Gasteiger partial charge >= 0.3 is 0 Å². The average molecular weight is 451 g/mol. The summed E-state index contributed by atoms with van der Waals surface area (Å²) in [5.74, 6) is -0.315. The van der Waals surface area contributed by atoms with Crippen molar-refractivity contribution in [2.24, 2.45) is 5.10 Å².